The monoisotopic (exact) mass is 166 g/mol. The van der Waals surface area contributed by atoms with Gasteiger partial charge in [-0.15, -0.1) is 37.2 Å². The summed E-state index contributed by atoms with van der Waals surface area (Å²) in [6, 6.07) is 0. The molecular formula is C3H9Cl3O. The summed E-state index contributed by atoms with van der Waals surface area (Å²) in [6.45, 7) is 3.06. The van der Waals surface area contributed by atoms with Crippen LogP contribution in [0.1, 0.15) is 13.8 Å². The maximum Gasteiger partial charge on any atom is 0.126 e. The number of hydrogen-bond acceptors (Lipinski definition) is 1. The molecule has 0 spiro atoms. The minimum Gasteiger partial charge on any atom is -0.300 e. The van der Waals surface area contributed by atoms with E-state index in [4.69, 9.17) is 0 Å². The fourth-order valence-corrected chi connectivity index (χ4v) is 0. The number of rotatable bonds is 0. The molecule has 0 aliphatic rings. The van der Waals surface area contributed by atoms with Crippen molar-refractivity contribution in [3.05, 3.63) is 0 Å². The minimum absolute atomic E-state index is 0. The molecule has 0 aromatic heterocycles. The van der Waals surface area contributed by atoms with E-state index in [0.717, 1.165) is 0 Å². The molecule has 0 fully saturated rings. The Morgan fingerprint density at radius 1 is 1.00 bits per heavy atom. The highest BCUT2D eigenvalue weighted by Gasteiger charge is 1.62. The van der Waals surface area contributed by atoms with Gasteiger partial charge in [-0.25, -0.2) is 0 Å². The van der Waals surface area contributed by atoms with Crippen molar-refractivity contribution in [3.8, 4) is 0 Å². The molecule has 0 rings (SSSR count). The van der Waals surface area contributed by atoms with E-state index in [-0.39, 0.29) is 43.0 Å². The van der Waals surface area contributed by atoms with Gasteiger partial charge in [-0.2, -0.15) is 0 Å². The van der Waals surface area contributed by atoms with Crippen LogP contribution in [-0.4, -0.2) is 5.78 Å². The van der Waals surface area contributed by atoms with Crippen molar-refractivity contribution < 1.29 is 4.79 Å². The third-order valence-electron chi connectivity index (χ3n) is 0. The molecule has 1 nitrogen and oxygen atoms in total. The Morgan fingerprint density at radius 2 is 1.00 bits per heavy atom. The molecule has 0 aromatic rings. The van der Waals surface area contributed by atoms with Crippen LogP contribution < -0.4 is 0 Å². The molecule has 0 saturated carbocycles. The van der Waals surface area contributed by atoms with Gasteiger partial charge in [-0.3, -0.25) is 0 Å². The van der Waals surface area contributed by atoms with Crippen LogP contribution in [0.2, 0.25) is 0 Å². The second-order valence-corrected chi connectivity index (χ2v) is 0.908. The number of ketones is 1. The van der Waals surface area contributed by atoms with Crippen LogP contribution in [0.5, 0.6) is 0 Å². The molecule has 0 saturated heterocycles. The summed E-state index contributed by atoms with van der Waals surface area (Å²) in [4.78, 5) is 9.44. The molecule has 0 unspecified atom stereocenters. The predicted octanol–water partition coefficient (Wildman–Crippen LogP) is 1.86. The Kier molecular flexibility index (Phi) is 58.9. The second-order valence-electron chi connectivity index (χ2n) is 0.908. The van der Waals surface area contributed by atoms with Gasteiger partial charge in [0.05, 0.1) is 0 Å². The summed E-state index contributed by atoms with van der Waals surface area (Å²) < 4.78 is 0. The minimum atomic E-state index is 0. The smallest absolute Gasteiger partial charge is 0.126 e. The first-order valence-electron chi connectivity index (χ1n) is 1.20. The second kappa shape index (κ2) is 16.0. The summed E-state index contributed by atoms with van der Waals surface area (Å²) in [5.41, 5.74) is 0. The van der Waals surface area contributed by atoms with E-state index in [1.807, 2.05) is 0 Å². The van der Waals surface area contributed by atoms with Gasteiger partial charge >= 0.3 is 0 Å². The molecule has 4 heteroatoms. The lowest BCUT2D eigenvalue weighted by Gasteiger charge is -1.56. The van der Waals surface area contributed by atoms with E-state index < -0.39 is 0 Å². The fraction of sp³-hybridized carbons (Fsp3) is 0.667. The Morgan fingerprint density at radius 3 is 1.00 bits per heavy atom. The number of halogens is 3. The van der Waals surface area contributed by atoms with Gasteiger partial charge in [0.15, 0.2) is 0 Å². The van der Waals surface area contributed by atoms with E-state index in [0.29, 0.717) is 0 Å². The van der Waals surface area contributed by atoms with E-state index in [2.05, 4.69) is 0 Å². The van der Waals surface area contributed by atoms with Gasteiger partial charge in [-0.05, 0) is 13.8 Å². The molecule has 0 aliphatic heterocycles. The summed E-state index contributed by atoms with van der Waals surface area (Å²) in [7, 11) is 0. The Labute approximate surface area is 62.1 Å². The molecular weight excluding hydrogens is 158 g/mol. The van der Waals surface area contributed by atoms with Gasteiger partial charge in [0.2, 0.25) is 0 Å². The van der Waals surface area contributed by atoms with Crippen LogP contribution in [0, 0.1) is 0 Å². The lowest BCUT2D eigenvalue weighted by molar-refractivity contribution is -0.114. The molecule has 7 heavy (non-hydrogen) atoms. The van der Waals surface area contributed by atoms with Crippen LogP contribution in [0.3, 0.4) is 0 Å². The number of Topliss-reactive ketones (excluding diaryl/α,β-unsaturated/α-hetero) is 1. The van der Waals surface area contributed by atoms with Crippen molar-refractivity contribution in [2.75, 3.05) is 0 Å². The summed E-state index contributed by atoms with van der Waals surface area (Å²) in [6.07, 6.45) is 0. The number of carbonyl (C=O) groups excluding carboxylic acids is 1. The Balaban J connectivity index is -0.0000000150. The third-order valence-corrected chi connectivity index (χ3v) is 0. The van der Waals surface area contributed by atoms with Crippen molar-refractivity contribution in [3.63, 3.8) is 0 Å². The van der Waals surface area contributed by atoms with Crippen molar-refractivity contribution in [1.29, 1.82) is 0 Å². The zero-order chi connectivity index (χ0) is 3.58. The first-order valence-corrected chi connectivity index (χ1v) is 1.20. The van der Waals surface area contributed by atoms with Gasteiger partial charge in [0, 0.05) is 0 Å². The summed E-state index contributed by atoms with van der Waals surface area (Å²) >= 11 is 0. The van der Waals surface area contributed by atoms with Gasteiger partial charge < -0.3 is 4.79 Å². The largest absolute Gasteiger partial charge is 0.300 e. The van der Waals surface area contributed by atoms with Crippen LogP contribution in [0.4, 0.5) is 0 Å². The first kappa shape index (κ1) is 25.7. The molecule has 0 aromatic carbocycles. The zero-order valence-electron chi connectivity index (χ0n) is 4.13. The lowest BCUT2D eigenvalue weighted by Crippen LogP contribution is -1.69. The highest BCUT2D eigenvalue weighted by Crippen LogP contribution is 1.50. The van der Waals surface area contributed by atoms with E-state index in [9.17, 15) is 4.79 Å². The number of hydrogen-bond donors (Lipinski definition) is 0. The zero-order valence-corrected chi connectivity index (χ0v) is 6.58. The number of carbonyl (C=O) groups is 1. The van der Waals surface area contributed by atoms with Gasteiger partial charge in [0.1, 0.15) is 5.78 Å². The molecule has 0 bridgehead atoms. The maximum absolute atomic E-state index is 9.44. The topological polar surface area (TPSA) is 17.1 Å². The van der Waals surface area contributed by atoms with Crippen molar-refractivity contribution in [1.82, 2.24) is 0 Å². The normalized spacial score (nSPS) is 3.71. The van der Waals surface area contributed by atoms with Crippen LogP contribution in [0.25, 0.3) is 0 Å². The van der Waals surface area contributed by atoms with Crippen LogP contribution >= 0.6 is 37.2 Å². The molecule has 0 radical (unpaired) electrons. The molecule has 0 amide bonds. The summed E-state index contributed by atoms with van der Waals surface area (Å²) in [5, 5.41) is 0. The van der Waals surface area contributed by atoms with Crippen molar-refractivity contribution in [2.45, 2.75) is 13.8 Å². The molecule has 0 aliphatic carbocycles. The van der Waals surface area contributed by atoms with E-state index >= 15 is 0 Å². The van der Waals surface area contributed by atoms with E-state index in [1.54, 1.807) is 0 Å². The molecule has 0 heterocycles. The Hall–Kier alpha value is 0.540. The van der Waals surface area contributed by atoms with Crippen LogP contribution in [0.15, 0.2) is 0 Å². The van der Waals surface area contributed by atoms with Crippen LogP contribution in [-0.2, 0) is 4.79 Å². The molecule has 0 atom stereocenters. The average molecular weight is 167 g/mol. The van der Waals surface area contributed by atoms with Crippen molar-refractivity contribution >= 4 is 43.0 Å². The standard InChI is InChI=1S/C3H6O.3ClH/c1-3(2)4;;;/h1-2H3;3*1H. The lowest BCUT2D eigenvalue weighted by atomic mass is 10.6. The fourth-order valence-electron chi connectivity index (χ4n) is 0. The Bertz CT molecular complexity index is 33.2. The predicted molar refractivity (Wildman–Crippen MR) is 38.1 cm³/mol. The first-order chi connectivity index (χ1) is 1.73. The quantitative estimate of drug-likeness (QED) is 0.538. The summed E-state index contributed by atoms with van der Waals surface area (Å²) in [5.74, 6) is 0.167. The van der Waals surface area contributed by atoms with Gasteiger partial charge in [-0.1, -0.05) is 0 Å². The maximum atomic E-state index is 9.44. The van der Waals surface area contributed by atoms with Gasteiger partial charge in [0.25, 0.3) is 0 Å². The SMILES string of the molecule is CC(C)=O.Cl.Cl.Cl. The molecule has 0 N–H and O–H groups in total. The van der Waals surface area contributed by atoms with E-state index in [1.165, 1.54) is 13.8 Å². The highest BCUT2D eigenvalue weighted by atomic mass is 35.5. The average Bonchev–Trinajstić information content (AvgIpc) is 0.811. The highest BCUT2D eigenvalue weighted by molar-refractivity contribution is 5.86. The van der Waals surface area contributed by atoms with Crippen molar-refractivity contribution in [2.24, 2.45) is 0 Å². The third kappa shape index (κ3) is 462. The molecule has 48 valence electrons.